The molecule has 20 heavy (non-hydrogen) atoms. The molecule has 1 atom stereocenters. The van der Waals surface area contributed by atoms with Gasteiger partial charge in [-0.05, 0) is 6.92 Å². The molecule has 0 aliphatic carbocycles. The van der Waals surface area contributed by atoms with Crippen LogP contribution in [0, 0.1) is 0 Å². The Morgan fingerprint density at radius 2 is 2.35 bits per heavy atom. The first-order valence-corrected chi connectivity index (χ1v) is 6.33. The number of carbonyl (C=O) groups is 1. The van der Waals surface area contributed by atoms with Gasteiger partial charge in [0.15, 0.2) is 0 Å². The van der Waals surface area contributed by atoms with Crippen molar-refractivity contribution in [2.45, 2.75) is 13.0 Å². The Bertz CT molecular complexity index is 483. The summed E-state index contributed by atoms with van der Waals surface area (Å²) in [7, 11) is 1.44. The highest BCUT2D eigenvalue weighted by atomic mass is 16.5. The first-order chi connectivity index (χ1) is 9.65. The fourth-order valence-electron chi connectivity index (χ4n) is 1.93. The molecule has 1 unspecified atom stereocenters. The van der Waals surface area contributed by atoms with Gasteiger partial charge in [0.2, 0.25) is 17.8 Å². The van der Waals surface area contributed by atoms with E-state index >= 15 is 0 Å². The van der Waals surface area contributed by atoms with E-state index in [1.165, 1.54) is 7.11 Å². The molecule has 0 radical (unpaired) electrons. The Morgan fingerprint density at radius 3 is 3.05 bits per heavy atom. The minimum absolute atomic E-state index is 0.0491. The molecule has 1 fully saturated rings. The summed E-state index contributed by atoms with van der Waals surface area (Å²) in [5.74, 6) is 0.229. The van der Waals surface area contributed by atoms with Crippen LogP contribution < -0.4 is 20.7 Å². The number of nitrogens with zero attached hydrogens (tertiary/aromatic N) is 4. The van der Waals surface area contributed by atoms with Gasteiger partial charge in [-0.25, -0.2) is 0 Å². The molecule has 0 bridgehead atoms. The number of nitrogen functional groups attached to an aromatic ring is 1. The van der Waals surface area contributed by atoms with E-state index in [9.17, 15) is 4.79 Å². The van der Waals surface area contributed by atoms with Crippen molar-refractivity contribution in [1.29, 1.82) is 0 Å². The number of methoxy groups -OCH3 is 1. The second-order valence-corrected chi connectivity index (χ2v) is 4.16. The maximum Gasteiger partial charge on any atom is 0.322 e. The second-order valence-electron chi connectivity index (χ2n) is 4.16. The average molecular weight is 282 g/mol. The highest BCUT2D eigenvalue weighted by Crippen LogP contribution is 2.18. The van der Waals surface area contributed by atoms with Crippen LogP contribution in [0.1, 0.15) is 6.92 Å². The van der Waals surface area contributed by atoms with Gasteiger partial charge >= 0.3 is 6.01 Å². The van der Waals surface area contributed by atoms with E-state index in [0.717, 1.165) is 0 Å². The summed E-state index contributed by atoms with van der Waals surface area (Å²) in [6.45, 7) is 3.67. The van der Waals surface area contributed by atoms with Crippen LogP contribution in [-0.4, -0.2) is 60.3 Å². The predicted molar refractivity (Wildman–Crippen MR) is 71.4 cm³/mol. The zero-order chi connectivity index (χ0) is 14.5. The number of likely N-dealkylation sites (N-methyl/N-ethyl adjacent to an activating group) is 1. The molecule has 0 aromatic carbocycles. The molecular weight excluding hydrogens is 264 g/mol. The Morgan fingerprint density at radius 1 is 1.55 bits per heavy atom. The summed E-state index contributed by atoms with van der Waals surface area (Å²) in [5.41, 5.74) is 5.62. The molecule has 2 rings (SSSR count). The molecule has 1 saturated heterocycles. The van der Waals surface area contributed by atoms with Crippen LogP contribution in [0.5, 0.6) is 6.01 Å². The van der Waals surface area contributed by atoms with Crippen molar-refractivity contribution >= 4 is 17.8 Å². The van der Waals surface area contributed by atoms with E-state index in [4.69, 9.17) is 15.2 Å². The lowest BCUT2D eigenvalue weighted by molar-refractivity contribution is -0.124. The van der Waals surface area contributed by atoms with Crippen molar-refractivity contribution in [3.63, 3.8) is 0 Å². The quantitative estimate of drug-likeness (QED) is 0.708. The monoisotopic (exact) mass is 282 g/mol. The number of carbonyl (C=O) groups excluding carboxylic acids is 1. The number of anilines is 2. The van der Waals surface area contributed by atoms with Crippen LogP contribution in [0.4, 0.5) is 11.9 Å². The fraction of sp³-hybridized carbons (Fsp3) is 0.636. The van der Waals surface area contributed by atoms with Crippen LogP contribution in [0.15, 0.2) is 0 Å². The van der Waals surface area contributed by atoms with Gasteiger partial charge in [0.25, 0.3) is 0 Å². The van der Waals surface area contributed by atoms with E-state index in [1.54, 1.807) is 4.90 Å². The highest BCUT2D eigenvalue weighted by Gasteiger charge is 2.31. The van der Waals surface area contributed by atoms with Crippen LogP contribution >= 0.6 is 0 Å². The number of nitrogens with two attached hydrogens (primary N) is 1. The number of rotatable bonds is 4. The SMILES string of the molecule is CCNC(=O)C1COCCN1c1nc(N)nc(OC)n1. The molecule has 9 heteroatoms. The van der Waals surface area contributed by atoms with Crippen LogP contribution in [0.25, 0.3) is 0 Å². The van der Waals surface area contributed by atoms with Gasteiger partial charge in [-0.2, -0.15) is 15.0 Å². The van der Waals surface area contributed by atoms with Crippen molar-refractivity contribution in [2.75, 3.05) is 44.0 Å². The molecule has 1 aromatic rings. The fourth-order valence-corrected chi connectivity index (χ4v) is 1.93. The predicted octanol–water partition coefficient (Wildman–Crippen LogP) is -1.20. The standard InChI is InChI=1S/C11H18N6O3/c1-3-13-8(18)7-6-20-5-4-17(7)10-14-9(12)15-11(16-10)19-2/h7H,3-6H2,1-2H3,(H,13,18)(H2,12,14,15,16). The molecule has 3 N–H and O–H groups in total. The number of morpholine rings is 1. The Balaban J connectivity index is 2.27. The minimum atomic E-state index is -0.491. The number of hydrogen-bond acceptors (Lipinski definition) is 8. The van der Waals surface area contributed by atoms with Gasteiger partial charge < -0.3 is 25.4 Å². The van der Waals surface area contributed by atoms with Gasteiger partial charge in [-0.1, -0.05) is 0 Å². The zero-order valence-corrected chi connectivity index (χ0v) is 11.5. The number of nitrogens with one attached hydrogen (secondary N) is 1. The third kappa shape index (κ3) is 3.05. The van der Waals surface area contributed by atoms with E-state index in [1.807, 2.05) is 6.92 Å². The molecule has 1 amide bonds. The van der Waals surface area contributed by atoms with E-state index in [0.29, 0.717) is 25.6 Å². The molecule has 0 saturated carbocycles. The molecule has 1 aliphatic heterocycles. The molecular formula is C11H18N6O3. The topological polar surface area (TPSA) is 115 Å². The third-order valence-corrected chi connectivity index (χ3v) is 2.84. The van der Waals surface area contributed by atoms with Gasteiger partial charge in [-0.3, -0.25) is 4.79 Å². The van der Waals surface area contributed by atoms with E-state index in [2.05, 4.69) is 20.3 Å². The lowest BCUT2D eigenvalue weighted by Crippen LogP contribution is -2.54. The molecule has 0 spiro atoms. The van der Waals surface area contributed by atoms with Crippen LogP contribution in [0.3, 0.4) is 0 Å². The maximum absolute atomic E-state index is 12.1. The van der Waals surface area contributed by atoms with Gasteiger partial charge in [-0.15, -0.1) is 0 Å². The minimum Gasteiger partial charge on any atom is -0.467 e. The third-order valence-electron chi connectivity index (χ3n) is 2.84. The highest BCUT2D eigenvalue weighted by molar-refractivity contribution is 5.85. The smallest absolute Gasteiger partial charge is 0.322 e. The van der Waals surface area contributed by atoms with Crippen LogP contribution in [-0.2, 0) is 9.53 Å². The summed E-state index contributed by atoms with van der Waals surface area (Å²) in [5, 5.41) is 2.76. The van der Waals surface area contributed by atoms with Crippen LogP contribution in [0.2, 0.25) is 0 Å². The molecule has 2 heterocycles. The largest absolute Gasteiger partial charge is 0.467 e. The average Bonchev–Trinajstić information content (AvgIpc) is 2.46. The lowest BCUT2D eigenvalue weighted by atomic mass is 10.2. The molecule has 1 aliphatic rings. The van der Waals surface area contributed by atoms with Crippen molar-refractivity contribution in [1.82, 2.24) is 20.3 Å². The first-order valence-electron chi connectivity index (χ1n) is 6.33. The van der Waals surface area contributed by atoms with E-state index < -0.39 is 6.04 Å². The normalized spacial score (nSPS) is 18.7. The van der Waals surface area contributed by atoms with Gasteiger partial charge in [0.1, 0.15) is 6.04 Å². The van der Waals surface area contributed by atoms with Crippen molar-refractivity contribution in [2.24, 2.45) is 0 Å². The number of hydrogen-bond donors (Lipinski definition) is 2. The molecule has 110 valence electrons. The summed E-state index contributed by atoms with van der Waals surface area (Å²) >= 11 is 0. The first kappa shape index (κ1) is 14.3. The Hall–Kier alpha value is -2.16. The van der Waals surface area contributed by atoms with Crippen molar-refractivity contribution < 1.29 is 14.3 Å². The van der Waals surface area contributed by atoms with Gasteiger partial charge in [0.05, 0.1) is 20.3 Å². The zero-order valence-electron chi connectivity index (χ0n) is 11.5. The lowest BCUT2D eigenvalue weighted by Gasteiger charge is -2.34. The van der Waals surface area contributed by atoms with E-state index in [-0.39, 0.29) is 24.5 Å². The summed E-state index contributed by atoms with van der Waals surface area (Å²) in [6.07, 6.45) is 0. The summed E-state index contributed by atoms with van der Waals surface area (Å²) in [4.78, 5) is 25.8. The summed E-state index contributed by atoms with van der Waals surface area (Å²) < 4.78 is 10.3. The number of aromatic nitrogens is 3. The second kappa shape index (κ2) is 6.33. The van der Waals surface area contributed by atoms with Crippen molar-refractivity contribution in [3.05, 3.63) is 0 Å². The Kier molecular flexibility index (Phi) is 4.51. The summed E-state index contributed by atoms with van der Waals surface area (Å²) in [6, 6.07) is -0.371. The Labute approximate surface area is 116 Å². The van der Waals surface area contributed by atoms with Gasteiger partial charge in [0, 0.05) is 13.1 Å². The molecule has 1 aromatic heterocycles. The number of ether oxygens (including phenoxy) is 2. The molecule has 9 nitrogen and oxygen atoms in total. The number of amides is 1. The van der Waals surface area contributed by atoms with Crippen molar-refractivity contribution in [3.8, 4) is 6.01 Å². The maximum atomic E-state index is 12.1.